The van der Waals surface area contributed by atoms with Gasteiger partial charge in [0, 0.05) is 27.3 Å². The van der Waals surface area contributed by atoms with Gasteiger partial charge < -0.3 is 12.4 Å². The molecule has 0 aliphatic rings. The summed E-state index contributed by atoms with van der Waals surface area (Å²) in [6, 6.07) is 0. The van der Waals surface area contributed by atoms with E-state index in [2.05, 4.69) is 26.9 Å². The van der Waals surface area contributed by atoms with E-state index in [1.54, 1.807) is 0 Å². The van der Waals surface area contributed by atoms with Gasteiger partial charge in [-0.05, 0) is 12.8 Å². The monoisotopic (exact) mass is 673 g/mol. The van der Waals surface area contributed by atoms with Crippen LogP contribution in [0.25, 0.3) is 0 Å². The van der Waals surface area contributed by atoms with Crippen LogP contribution in [-0.2, 0) is 0 Å². The van der Waals surface area contributed by atoms with Crippen LogP contribution in [0, 0.1) is 0 Å². The molecule has 0 nitrogen and oxygen atoms in total. The second kappa shape index (κ2) is 40.9. The molecule has 0 aromatic rings. The van der Waals surface area contributed by atoms with Crippen LogP contribution < -0.4 is 12.4 Å². The third-order valence-corrected chi connectivity index (χ3v) is 11.8. The minimum absolute atomic E-state index is 0. The molecular weight excluding hydrogens is 583 g/mol. The van der Waals surface area contributed by atoms with Gasteiger partial charge in [0.15, 0.2) is 0 Å². The topological polar surface area (TPSA) is 0 Å². The Hall–Kier alpha value is 0.720. The van der Waals surface area contributed by atoms with Crippen molar-refractivity contribution in [3.63, 3.8) is 0 Å². The van der Waals surface area contributed by atoms with Crippen molar-refractivity contribution in [2.45, 2.75) is 251 Å². The Balaban J connectivity index is 0. The van der Waals surface area contributed by atoms with Crippen LogP contribution in [0.1, 0.15) is 251 Å². The summed E-state index contributed by atoms with van der Waals surface area (Å²) in [5.41, 5.74) is 0. The smallest absolute Gasteiger partial charge is 0.0586 e. The summed E-state index contributed by atoms with van der Waals surface area (Å²) < 4.78 is 0. The standard InChI is InChI=1S/C43H90P.ClH/c1-5-6-7-8-9-10-11-12-13-14-15-16-17-18-19-20-21-22-23-24-25-26-27-28-29-30-31-32-33-34-35-36-37-38-39-40-41-42-43-44(2,3)4;/h5-43H2,1-4H3;1H/q+1;/p-1. The molecule has 0 N–H and O–H groups in total. The maximum absolute atomic E-state index is 2.48. The molecule has 0 amide bonds. The summed E-state index contributed by atoms with van der Waals surface area (Å²) in [6.07, 6.45) is 58.1. The molecule has 0 saturated carbocycles. The minimum atomic E-state index is -0.522. The maximum atomic E-state index is 2.48. The van der Waals surface area contributed by atoms with Gasteiger partial charge in [0.2, 0.25) is 0 Å². The molecule has 0 heterocycles. The third kappa shape index (κ3) is 46.9. The first-order valence-corrected chi connectivity index (χ1v) is 24.7. The highest BCUT2D eigenvalue weighted by Gasteiger charge is 2.15. The average molecular weight is 674 g/mol. The molecule has 45 heavy (non-hydrogen) atoms. The van der Waals surface area contributed by atoms with Crippen molar-refractivity contribution in [2.24, 2.45) is 0 Å². The zero-order chi connectivity index (χ0) is 32.1. The fraction of sp³-hybridized carbons (Fsp3) is 1.00. The zero-order valence-electron chi connectivity index (χ0n) is 32.4. The number of unbranched alkanes of at least 4 members (excludes halogenated alkanes) is 37. The van der Waals surface area contributed by atoms with Crippen LogP contribution in [0.4, 0.5) is 0 Å². The summed E-state index contributed by atoms with van der Waals surface area (Å²) in [4.78, 5) is 0. The average Bonchev–Trinajstić information content (AvgIpc) is 3.00. The van der Waals surface area contributed by atoms with Crippen molar-refractivity contribution in [1.29, 1.82) is 0 Å². The summed E-state index contributed by atoms with van der Waals surface area (Å²) in [5.74, 6) is 0. The zero-order valence-corrected chi connectivity index (χ0v) is 34.1. The van der Waals surface area contributed by atoms with Gasteiger partial charge >= 0.3 is 0 Å². The van der Waals surface area contributed by atoms with E-state index in [4.69, 9.17) is 0 Å². The molecule has 274 valence electrons. The lowest BCUT2D eigenvalue weighted by molar-refractivity contribution is -0.0000100. The van der Waals surface area contributed by atoms with Crippen LogP contribution in [0.2, 0.25) is 0 Å². The molecule has 0 saturated heterocycles. The second-order valence-electron chi connectivity index (χ2n) is 16.1. The van der Waals surface area contributed by atoms with Crippen molar-refractivity contribution in [1.82, 2.24) is 0 Å². The summed E-state index contributed by atoms with van der Waals surface area (Å²) in [5, 5.41) is 0. The first kappa shape index (κ1) is 47.8. The predicted octanol–water partition coefficient (Wildman–Crippen LogP) is 13.7. The van der Waals surface area contributed by atoms with Gasteiger partial charge in [-0.25, -0.2) is 0 Å². The van der Waals surface area contributed by atoms with E-state index in [1.807, 2.05) is 0 Å². The molecule has 0 atom stereocenters. The first-order chi connectivity index (χ1) is 21.6. The van der Waals surface area contributed by atoms with Crippen molar-refractivity contribution < 1.29 is 12.4 Å². The van der Waals surface area contributed by atoms with E-state index in [0.717, 1.165) is 0 Å². The summed E-state index contributed by atoms with van der Waals surface area (Å²) in [7, 11) is -0.522. The molecule has 0 aromatic heterocycles. The lowest BCUT2D eigenvalue weighted by Gasteiger charge is -2.10. The fourth-order valence-corrected chi connectivity index (χ4v) is 8.20. The van der Waals surface area contributed by atoms with Crippen molar-refractivity contribution in [2.75, 3.05) is 26.2 Å². The minimum Gasteiger partial charge on any atom is -1.00 e. The van der Waals surface area contributed by atoms with Gasteiger partial charge in [0.25, 0.3) is 0 Å². The summed E-state index contributed by atoms with van der Waals surface area (Å²) in [6.45, 7) is 9.76. The van der Waals surface area contributed by atoms with Gasteiger partial charge in [-0.3, -0.25) is 0 Å². The second-order valence-corrected chi connectivity index (χ2v) is 21.1. The van der Waals surface area contributed by atoms with Crippen LogP contribution in [0.15, 0.2) is 0 Å². The normalized spacial score (nSPS) is 11.7. The molecule has 0 aliphatic carbocycles. The van der Waals surface area contributed by atoms with E-state index in [9.17, 15) is 0 Å². The largest absolute Gasteiger partial charge is 1.00 e. The van der Waals surface area contributed by atoms with Crippen molar-refractivity contribution >= 4 is 7.26 Å². The Morgan fingerprint density at radius 3 is 0.489 bits per heavy atom. The molecule has 0 aromatic carbocycles. The molecule has 0 spiro atoms. The number of hydrogen-bond acceptors (Lipinski definition) is 0. The third-order valence-electron chi connectivity index (χ3n) is 10.2. The molecular formula is C43H90ClP. The molecule has 0 fully saturated rings. The fourth-order valence-electron chi connectivity index (χ4n) is 7.02. The predicted molar refractivity (Wildman–Crippen MR) is 211 cm³/mol. The first-order valence-electron chi connectivity index (χ1n) is 21.4. The number of rotatable bonds is 39. The Labute approximate surface area is 295 Å². The van der Waals surface area contributed by atoms with Gasteiger partial charge in [-0.1, -0.05) is 238 Å². The van der Waals surface area contributed by atoms with Crippen LogP contribution in [0.5, 0.6) is 0 Å². The Bertz CT molecular complexity index is 499. The van der Waals surface area contributed by atoms with E-state index >= 15 is 0 Å². The summed E-state index contributed by atoms with van der Waals surface area (Å²) >= 11 is 0. The Morgan fingerprint density at radius 1 is 0.222 bits per heavy atom. The highest BCUT2D eigenvalue weighted by Crippen LogP contribution is 2.47. The lowest BCUT2D eigenvalue weighted by Crippen LogP contribution is -3.00. The molecule has 0 unspecified atom stereocenters. The van der Waals surface area contributed by atoms with E-state index in [0.29, 0.717) is 0 Å². The molecule has 0 radical (unpaired) electrons. The lowest BCUT2D eigenvalue weighted by atomic mass is 10.0. The van der Waals surface area contributed by atoms with E-state index in [-0.39, 0.29) is 12.4 Å². The Morgan fingerprint density at radius 2 is 0.356 bits per heavy atom. The molecule has 0 aliphatic heterocycles. The van der Waals surface area contributed by atoms with Crippen LogP contribution in [-0.4, -0.2) is 26.2 Å². The molecule has 2 heteroatoms. The Kier molecular flexibility index (Phi) is 43.5. The van der Waals surface area contributed by atoms with Gasteiger partial charge in [-0.15, -0.1) is 0 Å². The van der Waals surface area contributed by atoms with Gasteiger partial charge in [0.05, 0.1) is 6.16 Å². The quantitative estimate of drug-likeness (QED) is 0.0450. The van der Waals surface area contributed by atoms with Gasteiger partial charge in [0.1, 0.15) is 0 Å². The van der Waals surface area contributed by atoms with Crippen LogP contribution in [0.3, 0.4) is 0 Å². The molecule has 0 bridgehead atoms. The van der Waals surface area contributed by atoms with E-state index < -0.39 is 7.26 Å². The molecule has 0 rings (SSSR count). The van der Waals surface area contributed by atoms with Crippen LogP contribution >= 0.6 is 7.26 Å². The number of hydrogen-bond donors (Lipinski definition) is 0. The highest BCUT2D eigenvalue weighted by molar-refractivity contribution is 7.73. The van der Waals surface area contributed by atoms with Crippen molar-refractivity contribution in [3.8, 4) is 0 Å². The van der Waals surface area contributed by atoms with Gasteiger partial charge in [-0.2, -0.15) is 0 Å². The highest BCUT2D eigenvalue weighted by atomic mass is 35.5. The van der Waals surface area contributed by atoms with Crippen molar-refractivity contribution in [3.05, 3.63) is 0 Å². The number of halogens is 1. The maximum Gasteiger partial charge on any atom is 0.0586 e. The SMILES string of the molecule is CCCCCCCCCCCCCCCCCCCCCCCCCCCCCCCCCCCCCCCC[P+](C)(C)C.[Cl-]. The van der Waals surface area contributed by atoms with E-state index in [1.165, 1.54) is 250 Å².